The third-order valence-electron chi connectivity index (χ3n) is 1.98. The summed E-state index contributed by atoms with van der Waals surface area (Å²) in [7, 11) is 0. The fourth-order valence-electron chi connectivity index (χ4n) is 1.34. The molecule has 1 aromatic carbocycles. The maximum Gasteiger partial charge on any atom is 0.212 e. The summed E-state index contributed by atoms with van der Waals surface area (Å²) >= 11 is 3.38. The molecule has 1 aromatic heterocycles. The SMILES string of the molecule is Cc1cccc2c(Br)cc(O)nc12. The zero-order valence-corrected chi connectivity index (χ0v) is 8.67. The van der Waals surface area contributed by atoms with Crippen molar-refractivity contribution in [1.82, 2.24) is 4.98 Å². The topological polar surface area (TPSA) is 33.1 Å². The van der Waals surface area contributed by atoms with E-state index < -0.39 is 0 Å². The Bertz CT molecular complexity index is 468. The Kier molecular flexibility index (Phi) is 1.96. The molecule has 1 heterocycles. The Morgan fingerprint density at radius 2 is 2.15 bits per heavy atom. The maximum atomic E-state index is 9.29. The van der Waals surface area contributed by atoms with E-state index in [1.54, 1.807) is 6.07 Å². The van der Waals surface area contributed by atoms with Gasteiger partial charge >= 0.3 is 0 Å². The molecule has 0 amide bonds. The second kappa shape index (κ2) is 3.00. The van der Waals surface area contributed by atoms with Crippen molar-refractivity contribution in [2.45, 2.75) is 6.92 Å². The van der Waals surface area contributed by atoms with Crippen LogP contribution in [0.4, 0.5) is 0 Å². The van der Waals surface area contributed by atoms with E-state index in [1.165, 1.54) is 0 Å². The quantitative estimate of drug-likeness (QED) is 0.765. The van der Waals surface area contributed by atoms with Gasteiger partial charge in [-0.15, -0.1) is 0 Å². The number of hydrogen-bond donors (Lipinski definition) is 1. The zero-order chi connectivity index (χ0) is 9.42. The van der Waals surface area contributed by atoms with Gasteiger partial charge in [-0.3, -0.25) is 0 Å². The van der Waals surface area contributed by atoms with E-state index in [4.69, 9.17) is 0 Å². The van der Waals surface area contributed by atoms with E-state index in [2.05, 4.69) is 20.9 Å². The molecule has 0 fully saturated rings. The number of halogens is 1. The first-order chi connectivity index (χ1) is 6.18. The van der Waals surface area contributed by atoms with Crippen LogP contribution in [0.5, 0.6) is 5.88 Å². The Morgan fingerprint density at radius 3 is 2.92 bits per heavy atom. The average molecular weight is 238 g/mol. The highest BCUT2D eigenvalue weighted by molar-refractivity contribution is 9.10. The third-order valence-corrected chi connectivity index (χ3v) is 2.63. The molecule has 66 valence electrons. The summed E-state index contributed by atoms with van der Waals surface area (Å²) in [6.07, 6.45) is 0. The standard InChI is InChI=1S/C10H8BrNO/c1-6-3-2-4-7-8(11)5-9(13)12-10(6)7/h2-5H,1H3,(H,12,13). The van der Waals surface area contributed by atoms with Crippen molar-refractivity contribution >= 4 is 26.8 Å². The van der Waals surface area contributed by atoms with Crippen LogP contribution in [0.15, 0.2) is 28.7 Å². The fourth-order valence-corrected chi connectivity index (χ4v) is 1.86. The van der Waals surface area contributed by atoms with Gasteiger partial charge < -0.3 is 5.11 Å². The number of nitrogens with zero attached hydrogens (tertiary/aromatic N) is 1. The third kappa shape index (κ3) is 1.40. The first-order valence-corrected chi connectivity index (χ1v) is 4.72. The number of fused-ring (bicyclic) bond motifs is 1. The number of aromatic hydroxyl groups is 1. The Hall–Kier alpha value is -1.09. The van der Waals surface area contributed by atoms with Gasteiger partial charge in [0.1, 0.15) is 0 Å². The monoisotopic (exact) mass is 237 g/mol. The van der Waals surface area contributed by atoms with Gasteiger partial charge in [0, 0.05) is 15.9 Å². The highest BCUT2D eigenvalue weighted by atomic mass is 79.9. The van der Waals surface area contributed by atoms with Gasteiger partial charge in [-0.1, -0.05) is 18.2 Å². The molecule has 2 nitrogen and oxygen atoms in total. The van der Waals surface area contributed by atoms with Crippen molar-refractivity contribution < 1.29 is 5.11 Å². The van der Waals surface area contributed by atoms with Crippen LogP contribution >= 0.6 is 15.9 Å². The molecule has 0 aliphatic carbocycles. The minimum Gasteiger partial charge on any atom is -0.493 e. The lowest BCUT2D eigenvalue weighted by molar-refractivity contribution is 0.455. The lowest BCUT2D eigenvalue weighted by Gasteiger charge is -2.03. The Labute approximate surface area is 84.4 Å². The zero-order valence-electron chi connectivity index (χ0n) is 7.08. The van der Waals surface area contributed by atoms with E-state index in [0.29, 0.717) is 0 Å². The van der Waals surface area contributed by atoms with Gasteiger partial charge in [0.25, 0.3) is 0 Å². The van der Waals surface area contributed by atoms with Crippen LogP contribution in [0.2, 0.25) is 0 Å². The highest BCUT2D eigenvalue weighted by Crippen LogP contribution is 2.27. The summed E-state index contributed by atoms with van der Waals surface area (Å²) in [5, 5.41) is 10.3. The predicted octanol–water partition coefficient (Wildman–Crippen LogP) is 3.01. The molecule has 2 rings (SSSR count). The van der Waals surface area contributed by atoms with Crippen molar-refractivity contribution in [3.05, 3.63) is 34.3 Å². The molecule has 0 atom stereocenters. The first kappa shape index (κ1) is 8.51. The van der Waals surface area contributed by atoms with Crippen LogP contribution < -0.4 is 0 Å². The van der Waals surface area contributed by atoms with Gasteiger partial charge in [-0.25, -0.2) is 4.98 Å². The van der Waals surface area contributed by atoms with Crippen molar-refractivity contribution in [3.63, 3.8) is 0 Å². The number of aromatic nitrogens is 1. The van der Waals surface area contributed by atoms with Crippen LogP contribution in [0.25, 0.3) is 10.9 Å². The number of pyridine rings is 1. The molecule has 0 saturated heterocycles. The van der Waals surface area contributed by atoms with Gasteiger partial charge in [0.05, 0.1) is 5.52 Å². The number of para-hydroxylation sites is 1. The van der Waals surface area contributed by atoms with Crippen LogP contribution in [0.3, 0.4) is 0 Å². The van der Waals surface area contributed by atoms with Gasteiger partial charge in [0.2, 0.25) is 5.88 Å². The lowest BCUT2D eigenvalue weighted by atomic mass is 10.1. The van der Waals surface area contributed by atoms with Crippen LogP contribution in [0, 0.1) is 6.92 Å². The fraction of sp³-hybridized carbons (Fsp3) is 0.100. The molecule has 1 N–H and O–H groups in total. The Morgan fingerprint density at radius 1 is 1.38 bits per heavy atom. The summed E-state index contributed by atoms with van der Waals surface area (Å²) in [5.41, 5.74) is 1.91. The van der Waals surface area contributed by atoms with Gasteiger partial charge in [-0.05, 0) is 28.4 Å². The van der Waals surface area contributed by atoms with Crippen molar-refractivity contribution in [2.24, 2.45) is 0 Å². The smallest absolute Gasteiger partial charge is 0.212 e. The molecule has 2 aromatic rings. The van der Waals surface area contributed by atoms with E-state index in [9.17, 15) is 5.11 Å². The predicted molar refractivity (Wildman–Crippen MR) is 55.8 cm³/mol. The van der Waals surface area contributed by atoms with Crippen LogP contribution in [-0.4, -0.2) is 10.1 Å². The number of hydrogen-bond acceptors (Lipinski definition) is 2. The van der Waals surface area contributed by atoms with Crippen molar-refractivity contribution in [1.29, 1.82) is 0 Å². The van der Waals surface area contributed by atoms with Gasteiger partial charge in [-0.2, -0.15) is 0 Å². The van der Waals surface area contributed by atoms with Gasteiger partial charge in [0.15, 0.2) is 0 Å². The molecule has 0 bridgehead atoms. The van der Waals surface area contributed by atoms with Crippen molar-refractivity contribution in [3.8, 4) is 5.88 Å². The average Bonchev–Trinajstić information content (AvgIpc) is 2.07. The molecule has 13 heavy (non-hydrogen) atoms. The molecular weight excluding hydrogens is 230 g/mol. The number of aryl methyl sites for hydroxylation is 1. The molecular formula is C10H8BrNO. The molecule has 0 aliphatic heterocycles. The molecule has 0 aliphatic rings. The van der Waals surface area contributed by atoms with Crippen LogP contribution in [-0.2, 0) is 0 Å². The minimum absolute atomic E-state index is 0.0497. The Balaban J connectivity index is 2.94. The summed E-state index contributed by atoms with van der Waals surface area (Å²) in [4.78, 5) is 4.06. The maximum absolute atomic E-state index is 9.29. The second-order valence-electron chi connectivity index (χ2n) is 2.93. The summed E-state index contributed by atoms with van der Waals surface area (Å²) in [6, 6.07) is 7.52. The molecule has 0 saturated carbocycles. The van der Waals surface area contributed by atoms with E-state index in [-0.39, 0.29) is 5.88 Å². The largest absolute Gasteiger partial charge is 0.493 e. The lowest BCUT2D eigenvalue weighted by Crippen LogP contribution is -1.84. The van der Waals surface area contributed by atoms with E-state index in [0.717, 1.165) is 20.9 Å². The van der Waals surface area contributed by atoms with E-state index >= 15 is 0 Å². The molecule has 0 radical (unpaired) electrons. The van der Waals surface area contributed by atoms with Crippen LogP contribution in [0.1, 0.15) is 5.56 Å². The first-order valence-electron chi connectivity index (χ1n) is 3.93. The normalized spacial score (nSPS) is 10.6. The molecule has 0 unspecified atom stereocenters. The van der Waals surface area contributed by atoms with E-state index in [1.807, 2.05) is 25.1 Å². The minimum atomic E-state index is 0.0497. The molecule has 3 heteroatoms. The van der Waals surface area contributed by atoms with Crippen molar-refractivity contribution in [2.75, 3.05) is 0 Å². The number of rotatable bonds is 0. The molecule has 0 spiro atoms. The highest BCUT2D eigenvalue weighted by Gasteiger charge is 2.03. The summed E-state index contributed by atoms with van der Waals surface area (Å²) in [6.45, 7) is 1.97. The second-order valence-corrected chi connectivity index (χ2v) is 3.79. The summed E-state index contributed by atoms with van der Waals surface area (Å²) < 4.78 is 0.874. The number of benzene rings is 1. The summed E-state index contributed by atoms with van der Waals surface area (Å²) in [5.74, 6) is 0.0497.